The van der Waals surface area contributed by atoms with Crippen LogP contribution in [0.5, 0.6) is 0 Å². The zero-order valence-electron chi connectivity index (χ0n) is 14.6. The summed E-state index contributed by atoms with van der Waals surface area (Å²) in [6, 6.07) is 16.8. The summed E-state index contributed by atoms with van der Waals surface area (Å²) in [6.45, 7) is 2.42. The molecule has 4 aromatic rings. The van der Waals surface area contributed by atoms with Gasteiger partial charge in [-0.25, -0.2) is 4.98 Å². The Morgan fingerprint density at radius 2 is 1.93 bits per heavy atom. The van der Waals surface area contributed by atoms with Crippen LogP contribution in [0.25, 0.3) is 10.2 Å². The molecule has 134 valence electrons. The van der Waals surface area contributed by atoms with Gasteiger partial charge in [-0.1, -0.05) is 41.1 Å². The van der Waals surface area contributed by atoms with E-state index in [1.54, 1.807) is 41.6 Å². The molecule has 4 nitrogen and oxygen atoms in total. The average Bonchev–Trinajstić information content (AvgIpc) is 3.12. The van der Waals surface area contributed by atoms with Crippen LogP contribution in [0.1, 0.15) is 21.5 Å². The molecule has 0 bridgehead atoms. The third-order valence-electron chi connectivity index (χ3n) is 4.24. The second-order valence-electron chi connectivity index (χ2n) is 6.18. The van der Waals surface area contributed by atoms with Crippen molar-refractivity contribution in [1.82, 2.24) is 9.97 Å². The van der Waals surface area contributed by atoms with Crippen LogP contribution in [-0.2, 0) is 6.54 Å². The number of rotatable bonds is 4. The largest absolute Gasteiger partial charge is 0.279 e. The maximum Gasteiger partial charge on any atom is 0.260 e. The summed E-state index contributed by atoms with van der Waals surface area (Å²) in [5.41, 5.74) is 3.53. The molecule has 0 aliphatic heterocycles. The van der Waals surface area contributed by atoms with E-state index < -0.39 is 0 Å². The summed E-state index contributed by atoms with van der Waals surface area (Å²) >= 11 is 7.48. The number of aromatic nitrogens is 2. The molecule has 0 aliphatic rings. The smallest absolute Gasteiger partial charge is 0.260 e. The normalized spacial score (nSPS) is 10.9. The molecule has 2 heterocycles. The molecular weight excluding hydrogens is 378 g/mol. The molecule has 0 saturated carbocycles. The second kappa shape index (κ2) is 7.47. The van der Waals surface area contributed by atoms with Crippen LogP contribution in [0.2, 0.25) is 5.02 Å². The first-order valence-electron chi connectivity index (χ1n) is 8.44. The minimum atomic E-state index is -0.118. The van der Waals surface area contributed by atoms with Crippen molar-refractivity contribution in [2.24, 2.45) is 0 Å². The summed E-state index contributed by atoms with van der Waals surface area (Å²) in [4.78, 5) is 23.9. The predicted octanol–water partition coefficient (Wildman–Crippen LogP) is 5.50. The average molecular weight is 394 g/mol. The van der Waals surface area contributed by atoms with Gasteiger partial charge in [0, 0.05) is 23.0 Å². The van der Waals surface area contributed by atoms with Crippen molar-refractivity contribution in [3.05, 3.63) is 88.7 Å². The topological polar surface area (TPSA) is 46.1 Å². The summed E-state index contributed by atoms with van der Waals surface area (Å²) in [5, 5.41) is 1.27. The Morgan fingerprint density at radius 3 is 2.63 bits per heavy atom. The van der Waals surface area contributed by atoms with E-state index in [4.69, 9.17) is 16.6 Å². The van der Waals surface area contributed by atoms with Crippen molar-refractivity contribution >= 4 is 44.2 Å². The maximum atomic E-state index is 13.3. The van der Waals surface area contributed by atoms with Crippen LogP contribution in [-0.4, -0.2) is 15.9 Å². The Balaban J connectivity index is 1.78. The number of amides is 1. The monoisotopic (exact) mass is 393 g/mol. The Bertz CT molecular complexity index is 1090. The molecule has 2 aromatic heterocycles. The van der Waals surface area contributed by atoms with E-state index >= 15 is 0 Å². The van der Waals surface area contributed by atoms with Crippen molar-refractivity contribution < 1.29 is 4.79 Å². The van der Waals surface area contributed by atoms with Gasteiger partial charge in [-0.05, 0) is 54.4 Å². The van der Waals surface area contributed by atoms with Gasteiger partial charge < -0.3 is 0 Å². The zero-order valence-corrected chi connectivity index (χ0v) is 16.2. The van der Waals surface area contributed by atoms with Crippen LogP contribution in [0.4, 0.5) is 5.13 Å². The summed E-state index contributed by atoms with van der Waals surface area (Å²) in [7, 11) is 0. The lowest BCUT2D eigenvalue weighted by Crippen LogP contribution is -2.30. The van der Waals surface area contributed by atoms with Gasteiger partial charge in [0.25, 0.3) is 5.91 Å². The number of fused-ring (bicyclic) bond motifs is 1. The number of pyridine rings is 1. The highest BCUT2D eigenvalue weighted by molar-refractivity contribution is 7.22. The molecule has 6 heteroatoms. The van der Waals surface area contributed by atoms with E-state index in [0.717, 1.165) is 21.3 Å². The molecule has 0 fully saturated rings. The number of carbonyl (C=O) groups is 1. The third-order valence-corrected chi connectivity index (χ3v) is 5.54. The lowest BCUT2D eigenvalue weighted by atomic mass is 10.2. The summed E-state index contributed by atoms with van der Waals surface area (Å²) in [5.74, 6) is -0.118. The lowest BCUT2D eigenvalue weighted by molar-refractivity contribution is 0.0985. The van der Waals surface area contributed by atoms with Gasteiger partial charge in [-0.2, -0.15) is 0 Å². The molecule has 27 heavy (non-hydrogen) atoms. The fraction of sp³-hybridized carbons (Fsp3) is 0.0952. The molecule has 0 radical (unpaired) electrons. The fourth-order valence-electron chi connectivity index (χ4n) is 2.84. The van der Waals surface area contributed by atoms with Crippen molar-refractivity contribution in [1.29, 1.82) is 0 Å². The molecule has 0 spiro atoms. The number of aryl methyl sites for hydroxylation is 1. The summed E-state index contributed by atoms with van der Waals surface area (Å²) in [6.07, 6.45) is 3.48. The fourth-order valence-corrected chi connectivity index (χ4v) is 4.01. The van der Waals surface area contributed by atoms with Gasteiger partial charge >= 0.3 is 0 Å². The SMILES string of the molecule is Cc1cccc2sc(N(Cc3cccnc3)C(=O)c3ccc(Cl)cc3)nc12. The zero-order chi connectivity index (χ0) is 18.8. The van der Waals surface area contributed by atoms with Gasteiger partial charge in [-0.3, -0.25) is 14.7 Å². The lowest BCUT2D eigenvalue weighted by Gasteiger charge is -2.20. The quantitative estimate of drug-likeness (QED) is 0.460. The Morgan fingerprint density at radius 1 is 1.11 bits per heavy atom. The Kier molecular flexibility index (Phi) is 4.88. The van der Waals surface area contributed by atoms with Crippen LogP contribution in [0.3, 0.4) is 0 Å². The number of carbonyl (C=O) groups excluding carboxylic acids is 1. The minimum absolute atomic E-state index is 0.118. The summed E-state index contributed by atoms with van der Waals surface area (Å²) < 4.78 is 1.06. The minimum Gasteiger partial charge on any atom is -0.279 e. The molecule has 2 aromatic carbocycles. The van der Waals surface area contributed by atoms with Crippen LogP contribution >= 0.6 is 22.9 Å². The van der Waals surface area contributed by atoms with Gasteiger partial charge in [0.15, 0.2) is 5.13 Å². The van der Waals surface area contributed by atoms with Crippen molar-refractivity contribution in [2.75, 3.05) is 4.90 Å². The first kappa shape index (κ1) is 17.6. The van der Waals surface area contributed by atoms with E-state index in [2.05, 4.69) is 4.98 Å². The molecule has 0 atom stereocenters. The van der Waals surface area contributed by atoms with Crippen molar-refractivity contribution in [3.63, 3.8) is 0 Å². The van der Waals surface area contributed by atoms with Crippen LogP contribution in [0.15, 0.2) is 67.0 Å². The predicted molar refractivity (Wildman–Crippen MR) is 111 cm³/mol. The van der Waals surface area contributed by atoms with E-state index in [-0.39, 0.29) is 5.91 Å². The molecule has 0 saturated heterocycles. The van der Waals surface area contributed by atoms with Crippen LogP contribution in [0, 0.1) is 6.92 Å². The first-order chi connectivity index (χ1) is 13.1. The number of para-hydroxylation sites is 1. The molecular formula is C21H16ClN3OS. The van der Waals surface area contributed by atoms with Gasteiger partial charge in [-0.15, -0.1) is 0 Å². The number of hydrogen-bond acceptors (Lipinski definition) is 4. The van der Waals surface area contributed by atoms with E-state index in [1.807, 2.05) is 37.3 Å². The highest BCUT2D eigenvalue weighted by Gasteiger charge is 2.22. The maximum absolute atomic E-state index is 13.3. The highest BCUT2D eigenvalue weighted by atomic mass is 35.5. The van der Waals surface area contributed by atoms with Gasteiger partial charge in [0.05, 0.1) is 16.8 Å². The molecule has 0 aliphatic carbocycles. The molecule has 4 rings (SSSR count). The number of anilines is 1. The number of thiazole rings is 1. The van der Waals surface area contributed by atoms with E-state index in [1.165, 1.54) is 11.3 Å². The Labute approximate surface area is 166 Å². The number of halogens is 1. The van der Waals surface area contributed by atoms with Crippen molar-refractivity contribution in [2.45, 2.75) is 13.5 Å². The second-order valence-corrected chi connectivity index (χ2v) is 7.62. The molecule has 0 unspecified atom stereocenters. The van der Waals surface area contributed by atoms with E-state index in [9.17, 15) is 4.79 Å². The number of benzene rings is 2. The van der Waals surface area contributed by atoms with Crippen molar-refractivity contribution in [3.8, 4) is 0 Å². The van der Waals surface area contributed by atoms with Gasteiger partial charge in [0.2, 0.25) is 0 Å². The Hall–Kier alpha value is -2.76. The van der Waals surface area contributed by atoms with Gasteiger partial charge in [0.1, 0.15) is 0 Å². The first-order valence-corrected chi connectivity index (χ1v) is 9.64. The van der Waals surface area contributed by atoms with Crippen LogP contribution < -0.4 is 4.90 Å². The highest BCUT2D eigenvalue weighted by Crippen LogP contribution is 2.32. The van der Waals surface area contributed by atoms with E-state index in [0.29, 0.717) is 22.3 Å². The number of nitrogens with zero attached hydrogens (tertiary/aromatic N) is 3. The molecule has 1 amide bonds. The standard InChI is InChI=1S/C21H16ClN3OS/c1-14-4-2-6-18-19(14)24-21(27-18)25(13-15-5-3-11-23-12-15)20(26)16-7-9-17(22)10-8-16/h2-12H,13H2,1H3. The number of hydrogen-bond donors (Lipinski definition) is 0. The molecule has 0 N–H and O–H groups in total. The third kappa shape index (κ3) is 3.70.